The second-order valence-electron chi connectivity index (χ2n) is 4.56. The number of nitrogen functional groups attached to an aromatic ring is 1. The fourth-order valence-corrected chi connectivity index (χ4v) is 1.96. The predicted octanol–water partition coefficient (Wildman–Crippen LogP) is 3.75. The Morgan fingerprint density at radius 3 is 2.52 bits per heavy atom. The van der Waals surface area contributed by atoms with E-state index in [0.717, 1.165) is 0 Å². The van der Waals surface area contributed by atoms with Crippen molar-refractivity contribution in [2.24, 2.45) is 0 Å². The number of benzene rings is 2. The first kappa shape index (κ1) is 14.8. The largest absolute Gasteiger partial charge is 0.491 e. The molecule has 21 heavy (non-hydrogen) atoms. The second kappa shape index (κ2) is 6.26. The number of hydrogen-bond acceptors (Lipinski definition) is 4. The minimum Gasteiger partial charge on any atom is -0.491 e. The van der Waals surface area contributed by atoms with Gasteiger partial charge in [0.25, 0.3) is 0 Å². The maximum absolute atomic E-state index is 13.8. The Balaban J connectivity index is 2.24. The zero-order valence-electron chi connectivity index (χ0n) is 11.9. The third-order valence-electron chi connectivity index (χ3n) is 2.95. The average molecular weight is 288 g/mol. The second-order valence-corrected chi connectivity index (χ2v) is 4.56. The van der Waals surface area contributed by atoms with Gasteiger partial charge >= 0.3 is 0 Å². The lowest BCUT2D eigenvalue weighted by Gasteiger charge is -2.11. The van der Waals surface area contributed by atoms with Gasteiger partial charge in [-0.25, -0.2) is 4.39 Å². The van der Waals surface area contributed by atoms with Gasteiger partial charge < -0.3 is 15.8 Å². The monoisotopic (exact) mass is 288 g/mol. The van der Waals surface area contributed by atoms with Crippen molar-refractivity contribution in [2.75, 3.05) is 17.7 Å². The minimum atomic E-state index is -0.441. The van der Waals surface area contributed by atoms with Gasteiger partial charge in [-0.15, -0.1) is 0 Å². The number of nitrogens with one attached hydrogen (secondary N) is 1. The van der Waals surface area contributed by atoms with E-state index in [4.69, 9.17) is 10.5 Å². The van der Waals surface area contributed by atoms with Crippen LogP contribution in [0.1, 0.15) is 24.2 Å². The van der Waals surface area contributed by atoms with Crippen molar-refractivity contribution in [3.63, 3.8) is 0 Å². The van der Waals surface area contributed by atoms with Crippen molar-refractivity contribution in [3.8, 4) is 5.75 Å². The summed E-state index contributed by atoms with van der Waals surface area (Å²) in [5.41, 5.74) is 7.82. The van der Waals surface area contributed by atoms with Crippen molar-refractivity contribution >= 4 is 22.8 Å². The molecule has 0 aromatic heterocycles. The number of ether oxygens (including phenoxy) is 1. The number of halogens is 1. The summed E-state index contributed by atoms with van der Waals surface area (Å²) in [5, 5.41) is 3.03. The molecule has 0 radical (unpaired) electrons. The number of carbonyl (C=O) groups is 1. The van der Waals surface area contributed by atoms with Gasteiger partial charge in [0.05, 0.1) is 6.61 Å². The summed E-state index contributed by atoms with van der Waals surface area (Å²) in [4.78, 5) is 11.5. The van der Waals surface area contributed by atoms with Crippen molar-refractivity contribution in [1.29, 1.82) is 0 Å². The summed E-state index contributed by atoms with van der Waals surface area (Å²) in [7, 11) is 0. The molecule has 0 spiro atoms. The lowest BCUT2D eigenvalue weighted by molar-refractivity contribution is 0.101. The molecular formula is C16H17FN2O2. The number of Topliss-reactive ketones (excluding diaryl/α,β-unsaturated/α-hetero) is 1. The summed E-state index contributed by atoms with van der Waals surface area (Å²) in [6.07, 6.45) is 0. The van der Waals surface area contributed by atoms with Crippen LogP contribution in [0.25, 0.3) is 0 Å². The Hall–Kier alpha value is -2.56. The smallest absolute Gasteiger partial charge is 0.167 e. The molecule has 0 aliphatic rings. The van der Waals surface area contributed by atoms with E-state index in [1.54, 1.807) is 37.3 Å². The van der Waals surface area contributed by atoms with E-state index in [9.17, 15) is 9.18 Å². The summed E-state index contributed by atoms with van der Waals surface area (Å²) in [6, 6.07) is 9.63. The van der Waals surface area contributed by atoms with E-state index in [1.165, 1.54) is 13.0 Å². The molecule has 0 atom stereocenters. The lowest BCUT2D eigenvalue weighted by Crippen LogP contribution is -2.01. The van der Waals surface area contributed by atoms with Crippen molar-refractivity contribution in [2.45, 2.75) is 13.8 Å². The molecule has 0 saturated carbocycles. The third-order valence-corrected chi connectivity index (χ3v) is 2.95. The Bertz CT molecular complexity index is 671. The summed E-state index contributed by atoms with van der Waals surface area (Å²) in [5.74, 6) is -0.345. The highest BCUT2D eigenvalue weighted by Crippen LogP contribution is 2.25. The van der Waals surface area contributed by atoms with Crippen molar-refractivity contribution < 1.29 is 13.9 Å². The number of carbonyl (C=O) groups excluding carboxylic acids is 1. The summed E-state index contributed by atoms with van der Waals surface area (Å²) < 4.78 is 18.9. The molecule has 4 nitrogen and oxygen atoms in total. The maximum atomic E-state index is 13.8. The first-order chi connectivity index (χ1) is 10.0. The molecule has 0 amide bonds. The van der Waals surface area contributed by atoms with E-state index in [0.29, 0.717) is 29.2 Å². The number of nitrogens with two attached hydrogens (primary N) is 1. The van der Waals surface area contributed by atoms with Crippen LogP contribution in [-0.2, 0) is 0 Å². The van der Waals surface area contributed by atoms with Crippen LogP contribution < -0.4 is 15.8 Å². The van der Waals surface area contributed by atoms with Crippen LogP contribution >= 0.6 is 0 Å². The number of hydrogen-bond donors (Lipinski definition) is 2. The molecule has 0 aliphatic carbocycles. The molecule has 0 heterocycles. The molecule has 0 unspecified atom stereocenters. The molecule has 2 aromatic rings. The number of ketones is 1. The predicted molar refractivity (Wildman–Crippen MR) is 81.7 cm³/mol. The topological polar surface area (TPSA) is 64.3 Å². The number of anilines is 3. The SMILES string of the molecule is CCOc1ccc(Nc2ccc(N)c(C(C)=O)c2)cc1F. The van der Waals surface area contributed by atoms with Crippen LogP contribution in [0.3, 0.4) is 0 Å². The van der Waals surface area contributed by atoms with Gasteiger partial charge in [-0.3, -0.25) is 4.79 Å². The van der Waals surface area contributed by atoms with Crippen LogP contribution in [0.4, 0.5) is 21.5 Å². The van der Waals surface area contributed by atoms with Gasteiger partial charge in [0.1, 0.15) is 0 Å². The Morgan fingerprint density at radius 2 is 1.90 bits per heavy atom. The average Bonchev–Trinajstić information content (AvgIpc) is 2.44. The molecule has 0 saturated heterocycles. The fraction of sp³-hybridized carbons (Fsp3) is 0.188. The first-order valence-corrected chi connectivity index (χ1v) is 6.61. The standard InChI is InChI=1S/C16H17FN2O2/c1-3-21-16-7-5-12(9-14(16)17)19-11-4-6-15(18)13(8-11)10(2)20/h4-9,19H,3,18H2,1-2H3. The Kier molecular flexibility index (Phi) is 4.42. The molecule has 110 valence electrons. The van der Waals surface area contributed by atoms with Gasteiger partial charge in [0, 0.05) is 28.7 Å². The van der Waals surface area contributed by atoms with E-state index in [1.807, 2.05) is 0 Å². The third kappa shape index (κ3) is 3.51. The molecule has 0 aliphatic heterocycles. The van der Waals surface area contributed by atoms with E-state index in [-0.39, 0.29) is 11.5 Å². The normalized spacial score (nSPS) is 10.2. The van der Waals surface area contributed by atoms with Crippen LogP contribution in [0, 0.1) is 5.82 Å². The molecule has 0 fully saturated rings. The van der Waals surface area contributed by atoms with Crippen LogP contribution in [0.2, 0.25) is 0 Å². The maximum Gasteiger partial charge on any atom is 0.167 e. The highest BCUT2D eigenvalue weighted by molar-refractivity contribution is 6.00. The lowest BCUT2D eigenvalue weighted by atomic mass is 10.1. The van der Waals surface area contributed by atoms with Gasteiger partial charge in [0.2, 0.25) is 0 Å². The summed E-state index contributed by atoms with van der Waals surface area (Å²) in [6.45, 7) is 3.65. The first-order valence-electron chi connectivity index (χ1n) is 6.61. The molecule has 2 aromatic carbocycles. The number of rotatable bonds is 5. The molecule has 5 heteroatoms. The Morgan fingerprint density at radius 1 is 1.24 bits per heavy atom. The van der Waals surface area contributed by atoms with Gasteiger partial charge in [-0.05, 0) is 44.2 Å². The molecular weight excluding hydrogens is 271 g/mol. The van der Waals surface area contributed by atoms with E-state index in [2.05, 4.69) is 5.32 Å². The van der Waals surface area contributed by atoms with Gasteiger partial charge in [-0.2, -0.15) is 0 Å². The molecule has 0 bridgehead atoms. The quantitative estimate of drug-likeness (QED) is 0.649. The van der Waals surface area contributed by atoms with E-state index < -0.39 is 5.82 Å². The molecule has 3 N–H and O–H groups in total. The van der Waals surface area contributed by atoms with Crippen LogP contribution in [0.5, 0.6) is 5.75 Å². The van der Waals surface area contributed by atoms with Crippen LogP contribution in [-0.4, -0.2) is 12.4 Å². The summed E-state index contributed by atoms with van der Waals surface area (Å²) >= 11 is 0. The van der Waals surface area contributed by atoms with Gasteiger partial charge in [0.15, 0.2) is 17.3 Å². The highest BCUT2D eigenvalue weighted by Gasteiger charge is 2.08. The van der Waals surface area contributed by atoms with Crippen molar-refractivity contribution in [1.82, 2.24) is 0 Å². The minimum absolute atomic E-state index is 0.117. The van der Waals surface area contributed by atoms with Crippen molar-refractivity contribution in [3.05, 3.63) is 47.8 Å². The Labute approximate surface area is 122 Å². The van der Waals surface area contributed by atoms with Gasteiger partial charge in [-0.1, -0.05) is 0 Å². The molecule has 2 rings (SSSR count). The highest BCUT2D eigenvalue weighted by atomic mass is 19.1. The zero-order valence-corrected chi connectivity index (χ0v) is 11.9. The van der Waals surface area contributed by atoms with E-state index >= 15 is 0 Å². The zero-order chi connectivity index (χ0) is 15.4. The fourth-order valence-electron chi connectivity index (χ4n) is 1.96. The van der Waals surface area contributed by atoms with Crippen LogP contribution in [0.15, 0.2) is 36.4 Å².